The van der Waals surface area contributed by atoms with Crippen LogP contribution in [0.25, 0.3) is 0 Å². The molecule has 0 aliphatic carbocycles. The van der Waals surface area contributed by atoms with Gasteiger partial charge in [0.15, 0.2) is 0 Å². The average Bonchev–Trinajstić information content (AvgIpc) is 2.16. The Morgan fingerprint density at radius 2 is 2.00 bits per heavy atom. The Hall–Kier alpha value is -1.02. The predicted molar refractivity (Wildman–Crippen MR) is 57.6 cm³/mol. The zero-order valence-electron chi connectivity index (χ0n) is 8.86. The molecule has 0 bridgehead atoms. The van der Waals surface area contributed by atoms with Crippen LogP contribution in [0.5, 0.6) is 5.75 Å². The van der Waals surface area contributed by atoms with Gasteiger partial charge in [0.25, 0.3) is 0 Å². The number of aliphatic hydroxyl groups excluding tert-OH is 1. The fourth-order valence-corrected chi connectivity index (χ4v) is 1.35. The van der Waals surface area contributed by atoms with Crippen molar-refractivity contribution >= 4 is 0 Å². The topological polar surface area (TPSA) is 29.5 Å². The second-order valence-electron chi connectivity index (χ2n) is 3.60. The molecule has 0 radical (unpaired) electrons. The summed E-state index contributed by atoms with van der Waals surface area (Å²) in [4.78, 5) is 0. The molecule has 0 unspecified atom stereocenters. The summed E-state index contributed by atoms with van der Waals surface area (Å²) in [5.41, 5.74) is 1.18. The van der Waals surface area contributed by atoms with Gasteiger partial charge in [0.1, 0.15) is 5.75 Å². The Morgan fingerprint density at radius 1 is 1.29 bits per heavy atom. The number of benzene rings is 1. The summed E-state index contributed by atoms with van der Waals surface area (Å²) in [7, 11) is 0. The molecular weight excluding hydrogens is 176 g/mol. The lowest BCUT2D eigenvalue weighted by atomic mass is 10.1. The van der Waals surface area contributed by atoms with Gasteiger partial charge in [0.05, 0.1) is 6.10 Å². The summed E-state index contributed by atoms with van der Waals surface area (Å²) in [5, 5.41) is 8.76. The maximum Gasteiger partial charge on any atom is 0.122 e. The van der Waals surface area contributed by atoms with E-state index in [-0.39, 0.29) is 12.7 Å². The molecule has 0 saturated carbocycles. The van der Waals surface area contributed by atoms with Gasteiger partial charge in [-0.05, 0) is 38.3 Å². The predicted octanol–water partition coefficient (Wildman–Crippen LogP) is 2.40. The van der Waals surface area contributed by atoms with E-state index in [1.54, 1.807) is 0 Å². The minimum Gasteiger partial charge on any atom is -0.491 e. The second kappa shape index (κ2) is 5.66. The number of hydrogen-bond acceptors (Lipinski definition) is 2. The van der Waals surface area contributed by atoms with Gasteiger partial charge in [-0.2, -0.15) is 0 Å². The van der Waals surface area contributed by atoms with Crippen LogP contribution in [0.2, 0.25) is 0 Å². The lowest BCUT2D eigenvalue weighted by Gasteiger charge is -2.13. The van der Waals surface area contributed by atoms with E-state index in [0.29, 0.717) is 0 Å². The van der Waals surface area contributed by atoms with E-state index in [2.05, 4.69) is 0 Å². The molecule has 0 aliphatic heterocycles. The zero-order valence-corrected chi connectivity index (χ0v) is 8.86. The zero-order chi connectivity index (χ0) is 10.4. The van der Waals surface area contributed by atoms with Crippen LogP contribution in [-0.4, -0.2) is 17.8 Å². The summed E-state index contributed by atoms with van der Waals surface area (Å²) in [6.45, 7) is 4.27. The molecule has 2 nitrogen and oxygen atoms in total. The molecule has 2 heteroatoms. The van der Waals surface area contributed by atoms with Crippen LogP contribution in [0.1, 0.15) is 25.8 Å². The summed E-state index contributed by atoms with van der Waals surface area (Å²) in [6, 6.07) is 8.00. The first-order valence-corrected chi connectivity index (χ1v) is 5.09. The van der Waals surface area contributed by atoms with Crippen LogP contribution in [0, 0.1) is 0 Å². The lowest BCUT2D eigenvalue weighted by molar-refractivity contribution is 0.238. The van der Waals surface area contributed by atoms with Crippen molar-refractivity contribution in [1.82, 2.24) is 0 Å². The van der Waals surface area contributed by atoms with Gasteiger partial charge in [-0.25, -0.2) is 0 Å². The Morgan fingerprint density at radius 3 is 2.64 bits per heavy atom. The Balaban J connectivity index is 2.69. The van der Waals surface area contributed by atoms with Gasteiger partial charge >= 0.3 is 0 Å². The molecule has 0 aromatic heterocycles. The maximum atomic E-state index is 8.76. The van der Waals surface area contributed by atoms with E-state index in [0.717, 1.165) is 18.6 Å². The van der Waals surface area contributed by atoms with Crippen LogP contribution < -0.4 is 4.74 Å². The average molecular weight is 194 g/mol. The molecule has 0 heterocycles. The highest BCUT2D eigenvalue weighted by Crippen LogP contribution is 2.20. The van der Waals surface area contributed by atoms with E-state index in [1.807, 2.05) is 38.1 Å². The number of rotatable bonds is 5. The van der Waals surface area contributed by atoms with E-state index in [9.17, 15) is 0 Å². The molecule has 0 amide bonds. The second-order valence-corrected chi connectivity index (χ2v) is 3.60. The maximum absolute atomic E-state index is 8.76. The third-order valence-corrected chi connectivity index (χ3v) is 1.94. The number of aryl methyl sites for hydroxylation is 1. The molecule has 0 spiro atoms. The minimum atomic E-state index is 0.199. The third-order valence-electron chi connectivity index (χ3n) is 1.94. The molecule has 14 heavy (non-hydrogen) atoms. The van der Waals surface area contributed by atoms with Crippen molar-refractivity contribution in [3.8, 4) is 5.75 Å². The van der Waals surface area contributed by atoms with Crippen LogP contribution in [-0.2, 0) is 6.42 Å². The molecule has 0 saturated heterocycles. The van der Waals surface area contributed by atoms with Gasteiger partial charge in [0.2, 0.25) is 0 Å². The van der Waals surface area contributed by atoms with Gasteiger partial charge in [-0.15, -0.1) is 0 Å². The molecular formula is C12H18O2. The first-order chi connectivity index (χ1) is 6.74. The third kappa shape index (κ3) is 3.38. The van der Waals surface area contributed by atoms with Crippen LogP contribution in [0.3, 0.4) is 0 Å². The fraction of sp³-hybridized carbons (Fsp3) is 0.500. The van der Waals surface area contributed by atoms with Crippen LogP contribution in [0.4, 0.5) is 0 Å². The summed E-state index contributed by atoms with van der Waals surface area (Å²) in [6.07, 6.45) is 1.86. The molecule has 1 aromatic rings. The standard InChI is InChI=1S/C12H18O2/c1-10(2)14-12-8-4-3-6-11(12)7-5-9-13/h3-4,6,8,10,13H,5,7,9H2,1-2H3. The number of para-hydroxylation sites is 1. The first-order valence-electron chi connectivity index (χ1n) is 5.09. The Kier molecular flexibility index (Phi) is 4.47. The Labute approximate surface area is 85.5 Å². The van der Waals surface area contributed by atoms with E-state index in [1.165, 1.54) is 5.56 Å². The highest BCUT2D eigenvalue weighted by Gasteiger charge is 2.03. The van der Waals surface area contributed by atoms with Crippen molar-refractivity contribution < 1.29 is 9.84 Å². The summed E-state index contributed by atoms with van der Waals surface area (Å²) in [5.74, 6) is 0.941. The van der Waals surface area contributed by atoms with Crippen molar-refractivity contribution in [2.45, 2.75) is 32.8 Å². The highest BCUT2D eigenvalue weighted by molar-refractivity contribution is 5.33. The fourth-order valence-electron chi connectivity index (χ4n) is 1.35. The van der Waals surface area contributed by atoms with Crippen molar-refractivity contribution in [2.75, 3.05) is 6.61 Å². The summed E-state index contributed by atoms with van der Waals surface area (Å²) >= 11 is 0. The van der Waals surface area contributed by atoms with Crippen molar-refractivity contribution in [3.63, 3.8) is 0 Å². The normalized spacial score (nSPS) is 10.6. The van der Waals surface area contributed by atoms with Gasteiger partial charge in [0, 0.05) is 6.61 Å². The van der Waals surface area contributed by atoms with E-state index >= 15 is 0 Å². The number of hydrogen-bond donors (Lipinski definition) is 1. The number of ether oxygens (including phenoxy) is 1. The molecule has 0 atom stereocenters. The van der Waals surface area contributed by atoms with Crippen molar-refractivity contribution in [1.29, 1.82) is 0 Å². The van der Waals surface area contributed by atoms with Crippen LogP contribution in [0.15, 0.2) is 24.3 Å². The highest BCUT2D eigenvalue weighted by atomic mass is 16.5. The smallest absolute Gasteiger partial charge is 0.122 e. The Bertz CT molecular complexity index is 269. The first kappa shape index (κ1) is 11.1. The van der Waals surface area contributed by atoms with Gasteiger partial charge < -0.3 is 9.84 Å². The van der Waals surface area contributed by atoms with Gasteiger partial charge in [-0.3, -0.25) is 0 Å². The van der Waals surface area contributed by atoms with E-state index in [4.69, 9.17) is 9.84 Å². The molecule has 78 valence electrons. The summed E-state index contributed by atoms with van der Waals surface area (Å²) < 4.78 is 5.66. The molecule has 1 aromatic carbocycles. The van der Waals surface area contributed by atoms with Gasteiger partial charge in [-0.1, -0.05) is 18.2 Å². The number of aliphatic hydroxyl groups is 1. The van der Waals surface area contributed by atoms with Crippen LogP contribution >= 0.6 is 0 Å². The largest absolute Gasteiger partial charge is 0.491 e. The molecule has 1 rings (SSSR count). The molecule has 1 N–H and O–H groups in total. The monoisotopic (exact) mass is 194 g/mol. The molecule has 0 aliphatic rings. The van der Waals surface area contributed by atoms with Crippen molar-refractivity contribution in [3.05, 3.63) is 29.8 Å². The minimum absolute atomic E-state index is 0.199. The lowest BCUT2D eigenvalue weighted by Crippen LogP contribution is -2.07. The quantitative estimate of drug-likeness (QED) is 0.780. The SMILES string of the molecule is CC(C)Oc1ccccc1CCCO. The van der Waals surface area contributed by atoms with Crippen molar-refractivity contribution in [2.24, 2.45) is 0 Å². The molecule has 0 fully saturated rings. The van der Waals surface area contributed by atoms with E-state index < -0.39 is 0 Å².